The van der Waals surface area contributed by atoms with E-state index in [1.54, 1.807) is 6.92 Å². The van der Waals surface area contributed by atoms with Crippen LogP contribution in [0.1, 0.15) is 24.6 Å². The van der Waals surface area contributed by atoms with E-state index in [2.05, 4.69) is 10.1 Å². The molecule has 1 rings (SSSR count). The molecule has 0 saturated heterocycles. The van der Waals surface area contributed by atoms with Crippen LogP contribution in [0.25, 0.3) is 0 Å². The molecule has 0 unspecified atom stereocenters. The smallest absolute Gasteiger partial charge is 0.433 e. The fraction of sp³-hybridized carbons (Fsp3) is 0.400. The van der Waals surface area contributed by atoms with Crippen molar-refractivity contribution in [1.29, 1.82) is 0 Å². The Morgan fingerprint density at radius 2 is 2.17 bits per heavy atom. The van der Waals surface area contributed by atoms with E-state index in [-0.39, 0.29) is 23.9 Å². The fourth-order valence-corrected chi connectivity index (χ4v) is 1.16. The number of aromatic nitrogens is 1. The summed E-state index contributed by atoms with van der Waals surface area (Å²) < 4.78 is 42.5. The van der Waals surface area contributed by atoms with Gasteiger partial charge in [0, 0.05) is 0 Å². The van der Waals surface area contributed by atoms with Gasteiger partial charge >= 0.3 is 6.18 Å². The number of hydrogen-bond donors (Lipinski definition) is 2. The number of amidine groups is 1. The van der Waals surface area contributed by atoms with Crippen LogP contribution in [0, 0.1) is 0 Å². The Hall–Kier alpha value is -1.99. The summed E-state index contributed by atoms with van der Waals surface area (Å²) in [7, 11) is 0. The average Bonchev–Trinajstić information content (AvgIpc) is 2.34. The van der Waals surface area contributed by atoms with Crippen molar-refractivity contribution in [3.63, 3.8) is 0 Å². The van der Waals surface area contributed by atoms with Crippen LogP contribution in [-0.2, 0) is 6.18 Å². The lowest BCUT2D eigenvalue weighted by molar-refractivity contribution is -0.141. The third-order valence-electron chi connectivity index (χ3n) is 1.98. The van der Waals surface area contributed by atoms with Crippen molar-refractivity contribution >= 4 is 5.84 Å². The third kappa shape index (κ3) is 3.25. The van der Waals surface area contributed by atoms with Crippen molar-refractivity contribution < 1.29 is 23.1 Å². The summed E-state index contributed by atoms with van der Waals surface area (Å²) in [6, 6.07) is 1.79. The summed E-state index contributed by atoms with van der Waals surface area (Å²) in [5.41, 5.74) is 4.24. The van der Waals surface area contributed by atoms with Gasteiger partial charge in [0.1, 0.15) is 5.69 Å². The molecule has 1 heterocycles. The van der Waals surface area contributed by atoms with Crippen LogP contribution >= 0.6 is 0 Å². The molecule has 0 aliphatic rings. The van der Waals surface area contributed by atoms with Crippen molar-refractivity contribution in [3.8, 4) is 5.88 Å². The molecule has 1 aromatic heterocycles. The minimum atomic E-state index is -4.58. The zero-order valence-corrected chi connectivity index (χ0v) is 9.53. The molecule has 0 saturated carbocycles. The summed E-state index contributed by atoms with van der Waals surface area (Å²) in [6.45, 7) is 1.97. The van der Waals surface area contributed by atoms with Crippen molar-refractivity contribution in [2.24, 2.45) is 10.9 Å². The number of rotatable bonds is 4. The number of pyridine rings is 1. The topological polar surface area (TPSA) is 80.7 Å². The monoisotopic (exact) mass is 263 g/mol. The van der Waals surface area contributed by atoms with Gasteiger partial charge < -0.3 is 15.7 Å². The lowest BCUT2D eigenvalue weighted by atomic mass is 10.2. The maximum atomic E-state index is 12.5. The first-order valence-corrected chi connectivity index (χ1v) is 5.09. The number of alkyl halides is 3. The van der Waals surface area contributed by atoms with Crippen LogP contribution in [0.2, 0.25) is 0 Å². The van der Waals surface area contributed by atoms with E-state index in [1.165, 1.54) is 0 Å². The Balaban J connectivity index is 3.20. The van der Waals surface area contributed by atoms with Crippen LogP contribution in [0.15, 0.2) is 17.3 Å². The zero-order chi connectivity index (χ0) is 13.8. The van der Waals surface area contributed by atoms with Gasteiger partial charge in [0.05, 0.1) is 12.2 Å². The zero-order valence-electron chi connectivity index (χ0n) is 9.53. The van der Waals surface area contributed by atoms with Gasteiger partial charge in [-0.05, 0) is 18.6 Å². The number of ether oxygens (including phenoxy) is 1. The molecule has 3 N–H and O–H groups in total. The number of nitrogens with zero attached hydrogens (tertiary/aromatic N) is 2. The van der Waals surface area contributed by atoms with Gasteiger partial charge in [-0.25, -0.2) is 4.98 Å². The Kier molecular flexibility index (Phi) is 4.35. The Morgan fingerprint density at radius 1 is 1.50 bits per heavy atom. The van der Waals surface area contributed by atoms with E-state index in [1.807, 2.05) is 0 Å². The maximum absolute atomic E-state index is 12.5. The molecule has 100 valence electrons. The molecular formula is C10H12F3N3O2. The van der Waals surface area contributed by atoms with Gasteiger partial charge in [0.2, 0.25) is 5.88 Å². The summed E-state index contributed by atoms with van der Waals surface area (Å²) in [5, 5.41) is 11.2. The van der Waals surface area contributed by atoms with E-state index >= 15 is 0 Å². The molecule has 0 atom stereocenters. The standard InChI is InChI=1S/C10H12F3N3O2/c1-2-5-18-9-6(8(14)16-17)3-4-7(15-9)10(11,12)13/h3-4,17H,2,5H2,1H3,(H2,14,16). The Labute approximate surface area is 101 Å². The molecule has 5 nitrogen and oxygen atoms in total. The van der Waals surface area contributed by atoms with Crippen LogP contribution in [-0.4, -0.2) is 22.6 Å². The van der Waals surface area contributed by atoms with E-state index in [9.17, 15) is 13.2 Å². The van der Waals surface area contributed by atoms with Crippen LogP contribution < -0.4 is 10.5 Å². The molecule has 0 radical (unpaired) electrons. The van der Waals surface area contributed by atoms with Crippen LogP contribution in [0.3, 0.4) is 0 Å². The number of hydrogen-bond acceptors (Lipinski definition) is 4. The molecule has 0 amide bonds. The van der Waals surface area contributed by atoms with Gasteiger partial charge in [0.25, 0.3) is 0 Å². The summed E-state index contributed by atoms with van der Waals surface area (Å²) >= 11 is 0. The van der Waals surface area contributed by atoms with Gasteiger partial charge in [0.15, 0.2) is 5.84 Å². The first-order chi connectivity index (χ1) is 8.40. The highest BCUT2D eigenvalue weighted by Gasteiger charge is 2.33. The van der Waals surface area contributed by atoms with Crippen LogP contribution in [0.5, 0.6) is 5.88 Å². The highest BCUT2D eigenvalue weighted by Crippen LogP contribution is 2.30. The Bertz CT molecular complexity index is 446. The summed E-state index contributed by atoms with van der Waals surface area (Å²) in [5.74, 6) is -0.663. The first-order valence-electron chi connectivity index (χ1n) is 5.09. The molecule has 1 aromatic rings. The molecule has 0 aromatic carbocycles. The minimum Gasteiger partial charge on any atom is -0.477 e. The molecule has 0 bridgehead atoms. The number of oxime groups is 1. The summed E-state index contributed by atoms with van der Waals surface area (Å²) in [6.07, 6.45) is -3.98. The predicted octanol–water partition coefficient (Wildman–Crippen LogP) is 1.98. The minimum absolute atomic E-state index is 0.0129. The SMILES string of the molecule is CCCOc1nc(C(F)(F)F)ccc1C(N)=NO. The predicted molar refractivity (Wildman–Crippen MR) is 57.5 cm³/mol. The van der Waals surface area contributed by atoms with Gasteiger partial charge in [-0.3, -0.25) is 0 Å². The lowest BCUT2D eigenvalue weighted by Gasteiger charge is -2.12. The van der Waals surface area contributed by atoms with Gasteiger partial charge in [-0.1, -0.05) is 12.1 Å². The quantitative estimate of drug-likeness (QED) is 0.377. The van der Waals surface area contributed by atoms with E-state index in [0.29, 0.717) is 6.42 Å². The molecular weight excluding hydrogens is 251 g/mol. The Morgan fingerprint density at radius 3 is 2.67 bits per heavy atom. The second kappa shape index (κ2) is 5.56. The highest BCUT2D eigenvalue weighted by atomic mass is 19.4. The molecule has 0 spiro atoms. The number of halogens is 3. The maximum Gasteiger partial charge on any atom is 0.433 e. The molecule has 8 heteroatoms. The van der Waals surface area contributed by atoms with Gasteiger partial charge in [-0.2, -0.15) is 13.2 Å². The summed E-state index contributed by atoms with van der Waals surface area (Å²) in [4.78, 5) is 3.33. The van der Waals surface area contributed by atoms with E-state index in [0.717, 1.165) is 12.1 Å². The molecule has 18 heavy (non-hydrogen) atoms. The van der Waals surface area contributed by atoms with Crippen molar-refractivity contribution in [1.82, 2.24) is 4.98 Å². The third-order valence-corrected chi connectivity index (χ3v) is 1.98. The largest absolute Gasteiger partial charge is 0.477 e. The van der Waals surface area contributed by atoms with Crippen molar-refractivity contribution in [3.05, 3.63) is 23.4 Å². The second-order valence-corrected chi connectivity index (χ2v) is 3.38. The van der Waals surface area contributed by atoms with Crippen molar-refractivity contribution in [2.45, 2.75) is 19.5 Å². The van der Waals surface area contributed by atoms with E-state index < -0.39 is 11.9 Å². The fourth-order valence-electron chi connectivity index (χ4n) is 1.16. The first kappa shape index (κ1) is 14.1. The second-order valence-electron chi connectivity index (χ2n) is 3.38. The highest BCUT2D eigenvalue weighted by molar-refractivity contribution is 5.99. The lowest BCUT2D eigenvalue weighted by Crippen LogP contribution is -2.18. The van der Waals surface area contributed by atoms with Crippen LogP contribution in [0.4, 0.5) is 13.2 Å². The number of nitrogens with two attached hydrogens (primary N) is 1. The molecule has 0 aliphatic carbocycles. The molecule has 0 aliphatic heterocycles. The van der Waals surface area contributed by atoms with Crippen molar-refractivity contribution in [2.75, 3.05) is 6.61 Å². The normalized spacial score (nSPS) is 12.6. The molecule has 0 fully saturated rings. The van der Waals surface area contributed by atoms with E-state index in [4.69, 9.17) is 15.7 Å². The van der Waals surface area contributed by atoms with Gasteiger partial charge in [-0.15, -0.1) is 0 Å². The average molecular weight is 263 g/mol.